The lowest BCUT2D eigenvalue weighted by Crippen LogP contribution is -2.18. The number of fused-ring (bicyclic) bond motifs is 3. The Balaban J connectivity index is 2.13. The van der Waals surface area contributed by atoms with Crippen molar-refractivity contribution < 1.29 is 0 Å². The molecule has 9 nitrogen and oxygen atoms in total. The van der Waals surface area contributed by atoms with Crippen LogP contribution in [-0.4, -0.2) is 40.2 Å². The van der Waals surface area contributed by atoms with Crippen LogP contribution in [0.2, 0.25) is 0 Å². The van der Waals surface area contributed by atoms with Gasteiger partial charge in [0.1, 0.15) is 0 Å². The molecule has 0 saturated carbocycles. The van der Waals surface area contributed by atoms with Gasteiger partial charge >= 0.3 is 5.69 Å². The number of rotatable bonds is 2. The third-order valence-electron chi connectivity index (χ3n) is 3.35. The summed E-state index contributed by atoms with van der Waals surface area (Å²) in [7, 11) is 0. The summed E-state index contributed by atoms with van der Waals surface area (Å²) in [5.41, 5.74) is 1.96. The molecular weight excluding hydrogens is 272 g/mol. The van der Waals surface area contributed by atoms with Gasteiger partial charge in [0.05, 0.1) is 5.52 Å². The second-order valence-corrected chi connectivity index (χ2v) is 4.53. The molecule has 0 fully saturated rings. The van der Waals surface area contributed by atoms with E-state index >= 15 is 0 Å². The van der Waals surface area contributed by atoms with Gasteiger partial charge in [-0.15, -0.1) is 15.3 Å². The maximum Gasteiger partial charge on any atom is 0.348 e. The summed E-state index contributed by atoms with van der Waals surface area (Å²) in [6, 6.07) is 5.81. The second-order valence-electron chi connectivity index (χ2n) is 4.53. The van der Waals surface area contributed by atoms with Crippen molar-refractivity contribution in [1.29, 1.82) is 0 Å². The van der Waals surface area contributed by atoms with Crippen LogP contribution in [0.1, 0.15) is 12.5 Å². The SMILES string of the molecule is CCc1cccc2c1[nH]c(=O)n1nc(-c3nn[nH]n3)nc21. The Morgan fingerprint density at radius 3 is 2.95 bits per heavy atom. The fourth-order valence-electron chi connectivity index (χ4n) is 2.37. The lowest BCUT2D eigenvalue weighted by molar-refractivity contribution is 0.879. The monoisotopic (exact) mass is 282 g/mol. The van der Waals surface area contributed by atoms with Gasteiger partial charge in [-0.3, -0.25) is 0 Å². The highest BCUT2D eigenvalue weighted by Crippen LogP contribution is 2.20. The van der Waals surface area contributed by atoms with Crippen molar-refractivity contribution in [2.24, 2.45) is 0 Å². The van der Waals surface area contributed by atoms with Crippen LogP contribution >= 0.6 is 0 Å². The minimum atomic E-state index is -0.347. The molecule has 4 aromatic rings. The van der Waals surface area contributed by atoms with E-state index in [-0.39, 0.29) is 17.3 Å². The molecule has 3 aromatic heterocycles. The summed E-state index contributed by atoms with van der Waals surface area (Å²) in [5, 5.41) is 18.4. The van der Waals surface area contributed by atoms with Gasteiger partial charge in [-0.05, 0) is 23.3 Å². The average Bonchev–Trinajstić information content (AvgIpc) is 3.16. The number of nitrogens with zero attached hydrogens (tertiary/aromatic N) is 6. The smallest absolute Gasteiger partial charge is 0.305 e. The molecule has 0 unspecified atom stereocenters. The van der Waals surface area contributed by atoms with Crippen LogP contribution in [-0.2, 0) is 6.42 Å². The standard InChI is InChI=1S/C12H10N8O/c1-2-6-4-3-5-7-8(6)13-12(21)20-11(7)14-9(17-20)10-15-18-19-16-10/h3-5H,2H2,1H3,(H,13,21)(H,15,16,18,19). The number of aromatic amines is 2. The zero-order chi connectivity index (χ0) is 14.4. The lowest BCUT2D eigenvalue weighted by Gasteiger charge is -2.03. The van der Waals surface area contributed by atoms with Gasteiger partial charge in [0.2, 0.25) is 11.6 Å². The Morgan fingerprint density at radius 2 is 2.19 bits per heavy atom. The molecule has 4 rings (SSSR count). The van der Waals surface area contributed by atoms with E-state index in [1.165, 1.54) is 4.52 Å². The third-order valence-corrected chi connectivity index (χ3v) is 3.35. The molecule has 0 amide bonds. The number of H-pyrrole nitrogens is 2. The molecule has 0 saturated heterocycles. The van der Waals surface area contributed by atoms with Gasteiger partial charge in [0, 0.05) is 5.39 Å². The molecular formula is C12H10N8O. The van der Waals surface area contributed by atoms with Crippen molar-refractivity contribution in [3.63, 3.8) is 0 Å². The minimum absolute atomic E-state index is 0.248. The van der Waals surface area contributed by atoms with Crippen LogP contribution in [0.5, 0.6) is 0 Å². The number of aromatic nitrogens is 8. The molecule has 0 atom stereocenters. The first-order chi connectivity index (χ1) is 10.3. The van der Waals surface area contributed by atoms with Crippen molar-refractivity contribution in [3.8, 4) is 11.6 Å². The molecule has 0 bridgehead atoms. The molecule has 0 radical (unpaired) electrons. The van der Waals surface area contributed by atoms with E-state index in [1.807, 2.05) is 25.1 Å². The first kappa shape index (κ1) is 11.7. The van der Waals surface area contributed by atoms with E-state index in [0.717, 1.165) is 22.9 Å². The summed E-state index contributed by atoms with van der Waals surface area (Å²) in [6.07, 6.45) is 0.815. The minimum Gasteiger partial charge on any atom is -0.305 e. The number of aryl methyl sites for hydroxylation is 1. The highest BCUT2D eigenvalue weighted by molar-refractivity contribution is 5.93. The summed E-state index contributed by atoms with van der Waals surface area (Å²) in [6.45, 7) is 2.03. The topological polar surface area (TPSA) is 118 Å². The van der Waals surface area contributed by atoms with Crippen molar-refractivity contribution in [2.75, 3.05) is 0 Å². The zero-order valence-corrected chi connectivity index (χ0v) is 11.0. The second kappa shape index (κ2) is 4.20. The maximum absolute atomic E-state index is 12.2. The van der Waals surface area contributed by atoms with Crippen LogP contribution in [0.15, 0.2) is 23.0 Å². The molecule has 3 heterocycles. The van der Waals surface area contributed by atoms with Crippen molar-refractivity contribution >= 4 is 16.6 Å². The van der Waals surface area contributed by atoms with Gasteiger partial charge in [-0.1, -0.05) is 19.1 Å². The Morgan fingerprint density at radius 1 is 1.29 bits per heavy atom. The van der Waals surface area contributed by atoms with E-state index in [4.69, 9.17) is 0 Å². The number of nitrogens with one attached hydrogen (secondary N) is 2. The summed E-state index contributed by atoms with van der Waals surface area (Å²) in [4.78, 5) is 19.4. The number of hydrogen-bond acceptors (Lipinski definition) is 6. The van der Waals surface area contributed by atoms with Gasteiger partial charge in [-0.2, -0.15) is 9.73 Å². The highest BCUT2D eigenvalue weighted by Gasteiger charge is 2.15. The van der Waals surface area contributed by atoms with Crippen LogP contribution in [0.25, 0.3) is 28.2 Å². The predicted octanol–water partition coefficient (Wildman–Crippen LogP) is 0.313. The maximum atomic E-state index is 12.2. The van der Waals surface area contributed by atoms with Gasteiger partial charge in [0.15, 0.2) is 5.65 Å². The first-order valence-electron chi connectivity index (χ1n) is 6.42. The summed E-state index contributed by atoms with van der Waals surface area (Å²) in [5.74, 6) is 0.501. The molecule has 2 N–H and O–H groups in total. The van der Waals surface area contributed by atoms with E-state index in [0.29, 0.717) is 5.65 Å². The Bertz CT molecular complexity index is 997. The number of benzene rings is 1. The van der Waals surface area contributed by atoms with Gasteiger partial charge < -0.3 is 4.98 Å². The molecule has 0 aliphatic heterocycles. The Hall–Kier alpha value is -3.10. The Kier molecular flexibility index (Phi) is 2.34. The molecule has 1 aromatic carbocycles. The third kappa shape index (κ3) is 1.64. The largest absolute Gasteiger partial charge is 0.348 e. The average molecular weight is 282 g/mol. The van der Waals surface area contributed by atoms with E-state index in [1.54, 1.807) is 0 Å². The van der Waals surface area contributed by atoms with E-state index in [2.05, 4.69) is 35.7 Å². The van der Waals surface area contributed by atoms with E-state index in [9.17, 15) is 4.79 Å². The molecule has 0 aliphatic carbocycles. The molecule has 104 valence electrons. The summed E-state index contributed by atoms with van der Waals surface area (Å²) < 4.78 is 1.22. The predicted molar refractivity (Wildman–Crippen MR) is 73.7 cm³/mol. The van der Waals surface area contributed by atoms with Crippen LogP contribution in [0.4, 0.5) is 0 Å². The number of para-hydroxylation sites is 1. The molecule has 0 spiro atoms. The summed E-state index contributed by atoms with van der Waals surface area (Å²) >= 11 is 0. The van der Waals surface area contributed by atoms with Crippen LogP contribution in [0, 0.1) is 0 Å². The normalized spacial score (nSPS) is 11.5. The molecule has 21 heavy (non-hydrogen) atoms. The van der Waals surface area contributed by atoms with Crippen LogP contribution in [0.3, 0.4) is 0 Å². The van der Waals surface area contributed by atoms with Gasteiger partial charge in [0.25, 0.3) is 0 Å². The number of hydrogen-bond donors (Lipinski definition) is 2. The van der Waals surface area contributed by atoms with Crippen molar-refractivity contribution in [2.45, 2.75) is 13.3 Å². The highest BCUT2D eigenvalue weighted by atomic mass is 16.1. The molecule has 0 aliphatic rings. The zero-order valence-electron chi connectivity index (χ0n) is 11.0. The Labute approximate surface area is 117 Å². The quantitative estimate of drug-likeness (QED) is 0.546. The fraction of sp³-hybridized carbons (Fsp3) is 0.167. The van der Waals surface area contributed by atoms with Crippen LogP contribution < -0.4 is 5.69 Å². The molecule has 9 heteroatoms. The number of tetrazole rings is 1. The van der Waals surface area contributed by atoms with E-state index < -0.39 is 0 Å². The first-order valence-corrected chi connectivity index (χ1v) is 6.42. The fourth-order valence-corrected chi connectivity index (χ4v) is 2.37. The lowest BCUT2D eigenvalue weighted by atomic mass is 10.1. The van der Waals surface area contributed by atoms with Gasteiger partial charge in [-0.25, -0.2) is 9.78 Å². The van der Waals surface area contributed by atoms with Crippen molar-refractivity contribution in [3.05, 3.63) is 34.2 Å². The van der Waals surface area contributed by atoms with Crippen molar-refractivity contribution in [1.82, 2.24) is 40.2 Å².